The number of pyridine rings is 1. The van der Waals surface area contributed by atoms with Crippen molar-refractivity contribution in [1.29, 1.82) is 0 Å². The van der Waals surface area contributed by atoms with Crippen molar-refractivity contribution < 1.29 is 4.92 Å². The van der Waals surface area contributed by atoms with Crippen LogP contribution in [0.2, 0.25) is 0 Å². The van der Waals surface area contributed by atoms with Crippen LogP contribution in [0.4, 0.5) is 5.69 Å². The lowest BCUT2D eigenvalue weighted by Crippen LogP contribution is -2.37. The summed E-state index contributed by atoms with van der Waals surface area (Å²) in [4.78, 5) is 17.5. The zero-order valence-corrected chi connectivity index (χ0v) is 13.1. The number of nitrogens with one attached hydrogen (secondary N) is 1. The first-order chi connectivity index (χ1) is 9.99. The molecular weight excluding hydrogens is 268 g/mol. The molecule has 1 atom stereocenters. The average Bonchev–Trinajstić information content (AvgIpc) is 2.41. The van der Waals surface area contributed by atoms with E-state index < -0.39 is 0 Å². The number of hydrogen-bond donors (Lipinski definition) is 1. The van der Waals surface area contributed by atoms with Gasteiger partial charge in [0.25, 0.3) is 5.69 Å². The molecule has 1 fully saturated rings. The number of aromatic nitrogens is 1. The van der Waals surface area contributed by atoms with Crippen LogP contribution in [0.1, 0.15) is 29.7 Å². The minimum atomic E-state index is -0.314. The molecule has 2 rings (SSSR count). The lowest BCUT2D eigenvalue weighted by molar-refractivity contribution is -0.386. The Bertz CT molecular complexity index is 519. The molecule has 116 valence electrons. The van der Waals surface area contributed by atoms with Crippen molar-refractivity contribution in [3.05, 3.63) is 33.1 Å². The molecule has 6 heteroatoms. The molecule has 1 N–H and O–H groups in total. The molecule has 1 aromatic heterocycles. The smallest absolute Gasteiger partial charge is 0.278 e. The molecule has 0 radical (unpaired) electrons. The second-order valence-corrected chi connectivity index (χ2v) is 6.02. The Labute approximate surface area is 125 Å². The molecule has 1 unspecified atom stereocenters. The summed E-state index contributed by atoms with van der Waals surface area (Å²) in [6.45, 7) is 7.34. The highest BCUT2D eigenvalue weighted by Gasteiger charge is 2.19. The van der Waals surface area contributed by atoms with Gasteiger partial charge in [-0.2, -0.15) is 0 Å². The minimum absolute atomic E-state index is 0.194. The van der Waals surface area contributed by atoms with Gasteiger partial charge in [0.15, 0.2) is 0 Å². The fourth-order valence-electron chi connectivity index (χ4n) is 3.06. The van der Waals surface area contributed by atoms with Gasteiger partial charge in [0.2, 0.25) is 0 Å². The number of nitrogens with zero attached hydrogens (tertiary/aromatic N) is 3. The van der Waals surface area contributed by atoms with Crippen LogP contribution < -0.4 is 5.32 Å². The molecule has 1 aliphatic heterocycles. The normalized spacial score (nSPS) is 19.7. The van der Waals surface area contributed by atoms with Crippen LogP contribution >= 0.6 is 0 Å². The van der Waals surface area contributed by atoms with Gasteiger partial charge in [-0.05, 0) is 52.7 Å². The summed E-state index contributed by atoms with van der Waals surface area (Å²) in [5.41, 5.74) is 2.26. The van der Waals surface area contributed by atoms with Crippen LogP contribution in [0.5, 0.6) is 0 Å². The molecule has 0 amide bonds. The molecular formula is C15H24N4O2. The fourth-order valence-corrected chi connectivity index (χ4v) is 3.06. The van der Waals surface area contributed by atoms with Crippen molar-refractivity contribution in [2.24, 2.45) is 5.92 Å². The Morgan fingerprint density at radius 3 is 2.95 bits per heavy atom. The summed E-state index contributed by atoms with van der Waals surface area (Å²) in [6.07, 6.45) is 4.09. The minimum Gasteiger partial charge on any atom is -0.311 e. The standard InChI is InChI=1S/C15H24N4O2/c1-11-7-17-14(12(2)15(11)19(20)21)9-16-8-13-5-4-6-18(3)10-13/h7,13,16H,4-6,8-10H2,1-3H3. The molecule has 1 aromatic rings. The predicted molar refractivity (Wildman–Crippen MR) is 82.3 cm³/mol. The Hall–Kier alpha value is -1.53. The van der Waals surface area contributed by atoms with Crippen LogP contribution in [0, 0.1) is 29.9 Å². The monoisotopic (exact) mass is 292 g/mol. The van der Waals surface area contributed by atoms with E-state index in [4.69, 9.17) is 0 Å². The van der Waals surface area contributed by atoms with E-state index in [0.29, 0.717) is 23.6 Å². The first-order valence-corrected chi connectivity index (χ1v) is 7.47. The summed E-state index contributed by atoms with van der Waals surface area (Å²) < 4.78 is 0. The van der Waals surface area contributed by atoms with Gasteiger partial charge in [0, 0.05) is 30.4 Å². The summed E-state index contributed by atoms with van der Waals surface area (Å²) in [7, 11) is 2.15. The van der Waals surface area contributed by atoms with E-state index >= 15 is 0 Å². The van der Waals surface area contributed by atoms with Gasteiger partial charge < -0.3 is 10.2 Å². The van der Waals surface area contributed by atoms with Crippen molar-refractivity contribution in [2.45, 2.75) is 33.2 Å². The van der Waals surface area contributed by atoms with Crippen LogP contribution in [0.25, 0.3) is 0 Å². The highest BCUT2D eigenvalue weighted by atomic mass is 16.6. The second kappa shape index (κ2) is 6.95. The maximum atomic E-state index is 11.1. The Morgan fingerprint density at radius 1 is 1.52 bits per heavy atom. The maximum absolute atomic E-state index is 11.1. The zero-order chi connectivity index (χ0) is 15.4. The van der Waals surface area contributed by atoms with Crippen molar-refractivity contribution in [3.63, 3.8) is 0 Å². The Balaban J connectivity index is 1.94. The van der Waals surface area contributed by atoms with Gasteiger partial charge in [-0.25, -0.2) is 0 Å². The summed E-state index contributed by atoms with van der Waals surface area (Å²) >= 11 is 0. The summed E-state index contributed by atoms with van der Waals surface area (Å²) in [5, 5.41) is 14.5. The van der Waals surface area contributed by atoms with Crippen LogP contribution in [-0.4, -0.2) is 41.5 Å². The van der Waals surface area contributed by atoms with Crippen LogP contribution in [0.15, 0.2) is 6.20 Å². The van der Waals surface area contributed by atoms with Crippen molar-refractivity contribution in [3.8, 4) is 0 Å². The summed E-state index contributed by atoms with van der Waals surface area (Å²) in [6, 6.07) is 0. The van der Waals surface area contributed by atoms with E-state index in [2.05, 4.69) is 22.2 Å². The van der Waals surface area contributed by atoms with E-state index in [1.807, 2.05) is 0 Å². The first kappa shape index (κ1) is 15.9. The third-order valence-electron chi connectivity index (χ3n) is 4.21. The highest BCUT2D eigenvalue weighted by Crippen LogP contribution is 2.24. The Kier molecular flexibility index (Phi) is 5.25. The number of hydrogen-bond acceptors (Lipinski definition) is 5. The largest absolute Gasteiger partial charge is 0.311 e. The van der Waals surface area contributed by atoms with E-state index in [9.17, 15) is 10.1 Å². The van der Waals surface area contributed by atoms with Crippen molar-refractivity contribution >= 4 is 5.69 Å². The topological polar surface area (TPSA) is 71.3 Å². The second-order valence-electron chi connectivity index (χ2n) is 6.02. The molecule has 21 heavy (non-hydrogen) atoms. The number of rotatable bonds is 5. The zero-order valence-electron chi connectivity index (χ0n) is 13.1. The molecule has 0 spiro atoms. The molecule has 0 aliphatic carbocycles. The Morgan fingerprint density at radius 2 is 2.29 bits per heavy atom. The average molecular weight is 292 g/mol. The van der Waals surface area contributed by atoms with Gasteiger partial charge in [-0.1, -0.05) is 0 Å². The van der Waals surface area contributed by atoms with Gasteiger partial charge in [-0.3, -0.25) is 15.1 Å². The van der Waals surface area contributed by atoms with Crippen molar-refractivity contribution in [2.75, 3.05) is 26.7 Å². The molecule has 2 heterocycles. The van der Waals surface area contributed by atoms with Gasteiger partial charge >= 0.3 is 0 Å². The third-order valence-corrected chi connectivity index (χ3v) is 4.21. The lowest BCUT2D eigenvalue weighted by Gasteiger charge is -2.29. The number of piperidine rings is 1. The fraction of sp³-hybridized carbons (Fsp3) is 0.667. The molecule has 0 saturated carbocycles. The van der Waals surface area contributed by atoms with Crippen LogP contribution in [-0.2, 0) is 6.54 Å². The molecule has 0 bridgehead atoms. The van der Waals surface area contributed by atoms with E-state index in [1.165, 1.54) is 19.4 Å². The van der Waals surface area contributed by atoms with E-state index in [-0.39, 0.29) is 10.6 Å². The van der Waals surface area contributed by atoms with Gasteiger partial charge in [-0.15, -0.1) is 0 Å². The molecule has 0 aromatic carbocycles. The lowest BCUT2D eigenvalue weighted by atomic mass is 9.98. The maximum Gasteiger partial charge on any atom is 0.278 e. The van der Waals surface area contributed by atoms with Gasteiger partial charge in [0.1, 0.15) is 0 Å². The molecule has 1 aliphatic rings. The first-order valence-electron chi connectivity index (χ1n) is 7.47. The van der Waals surface area contributed by atoms with Crippen LogP contribution in [0.3, 0.4) is 0 Å². The predicted octanol–water partition coefficient (Wildman–Crippen LogP) is 2.04. The van der Waals surface area contributed by atoms with E-state index in [1.54, 1.807) is 20.0 Å². The number of likely N-dealkylation sites (tertiary alicyclic amines) is 1. The third kappa shape index (κ3) is 3.98. The number of aryl methyl sites for hydroxylation is 1. The highest BCUT2D eigenvalue weighted by molar-refractivity contribution is 5.47. The number of nitro groups is 1. The van der Waals surface area contributed by atoms with Crippen molar-refractivity contribution in [1.82, 2.24) is 15.2 Å². The SMILES string of the molecule is Cc1cnc(CNCC2CCCN(C)C2)c(C)c1[N+](=O)[O-]. The molecule has 1 saturated heterocycles. The quantitative estimate of drug-likeness (QED) is 0.664. The van der Waals surface area contributed by atoms with Gasteiger partial charge in [0.05, 0.1) is 10.6 Å². The molecule has 6 nitrogen and oxygen atoms in total. The van der Waals surface area contributed by atoms with E-state index in [0.717, 1.165) is 18.8 Å². The summed E-state index contributed by atoms with van der Waals surface area (Å²) in [5.74, 6) is 0.657.